The Hall–Kier alpha value is -1.26. The normalized spacial score (nSPS) is 18.1. The molecule has 0 amide bonds. The van der Waals surface area contributed by atoms with Gasteiger partial charge in [-0.05, 0) is 31.5 Å². The number of methoxy groups -OCH3 is 1. The fourth-order valence-electron chi connectivity index (χ4n) is 2.50. The third-order valence-corrected chi connectivity index (χ3v) is 3.67. The summed E-state index contributed by atoms with van der Waals surface area (Å²) < 4.78 is 11.0. The monoisotopic (exact) mass is 264 g/mol. The zero-order valence-corrected chi connectivity index (χ0v) is 12.1. The SMILES string of the molecule is CCOc1ccc([C@@H](C)N2CCNCC2)cc1OC. The molecule has 106 valence electrons. The van der Waals surface area contributed by atoms with E-state index in [1.165, 1.54) is 5.56 Å². The number of hydrogen-bond acceptors (Lipinski definition) is 4. The summed E-state index contributed by atoms with van der Waals surface area (Å²) in [6.45, 7) is 9.21. The average molecular weight is 264 g/mol. The van der Waals surface area contributed by atoms with Crippen LogP contribution < -0.4 is 14.8 Å². The van der Waals surface area contributed by atoms with E-state index in [2.05, 4.69) is 29.3 Å². The van der Waals surface area contributed by atoms with Crippen molar-refractivity contribution in [1.29, 1.82) is 0 Å². The maximum absolute atomic E-state index is 5.56. The van der Waals surface area contributed by atoms with Crippen molar-refractivity contribution < 1.29 is 9.47 Å². The van der Waals surface area contributed by atoms with Crippen molar-refractivity contribution >= 4 is 0 Å². The van der Waals surface area contributed by atoms with E-state index in [0.717, 1.165) is 37.7 Å². The lowest BCUT2D eigenvalue weighted by atomic mass is 10.1. The quantitative estimate of drug-likeness (QED) is 0.882. The lowest BCUT2D eigenvalue weighted by Crippen LogP contribution is -2.44. The van der Waals surface area contributed by atoms with Crippen LogP contribution in [-0.2, 0) is 0 Å². The molecule has 0 radical (unpaired) electrons. The van der Waals surface area contributed by atoms with E-state index in [-0.39, 0.29) is 0 Å². The molecule has 2 rings (SSSR count). The Kier molecular flexibility index (Phi) is 5.05. The summed E-state index contributed by atoms with van der Waals surface area (Å²) in [5.41, 5.74) is 1.28. The minimum absolute atomic E-state index is 0.409. The van der Waals surface area contributed by atoms with Crippen LogP contribution in [0.1, 0.15) is 25.5 Å². The van der Waals surface area contributed by atoms with Crippen LogP contribution in [0.5, 0.6) is 11.5 Å². The van der Waals surface area contributed by atoms with Crippen LogP contribution in [0.15, 0.2) is 18.2 Å². The molecule has 4 nitrogen and oxygen atoms in total. The molecule has 1 fully saturated rings. The number of ether oxygens (including phenoxy) is 2. The number of nitrogens with one attached hydrogen (secondary N) is 1. The summed E-state index contributed by atoms with van der Waals surface area (Å²) >= 11 is 0. The molecule has 1 saturated heterocycles. The summed E-state index contributed by atoms with van der Waals surface area (Å²) in [5.74, 6) is 1.64. The van der Waals surface area contributed by atoms with Gasteiger partial charge in [-0.15, -0.1) is 0 Å². The van der Waals surface area contributed by atoms with Crippen LogP contribution in [0.3, 0.4) is 0 Å². The molecule has 0 saturated carbocycles. The van der Waals surface area contributed by atoms with Gasteiger partial charge < -0.3 is 14.8 Å². The predicted octanol–water partition coefficient (Wildman–Crippen LogP) is 2.06. The summed E-state index contributed by atoms with van der Waals surface area (Å²) in [6.07, 6.45) is 0. The lowest BCUT2D eigenvalue weighted by Gasteiger charge is -2.33. The molecule has 0 spiro atoms. The molecule has 19 heavy (non-hydrogen) atoms. The molecule has 1 N–H and O–H groups in total. The summed E-state index contributed by atoms with van der Waals surface area (Å²) in [4.78, 5) is 2.49. The Labute approximate surface area is 115 Å². The van der Waals surface area contributed by atoms with Crippen LogP contribution in [0, 0.1) is 0 Å². The molecule has 0 bridgehead atoms. The largest absolute Gasteiger partial charge is 0.493 e. The zero-order chi connectivity index (χ0) is 13.7. The smallest absolute Gasteiger partial charge is 0.161 e. The van der Waals surface area contributed by atoms with E-state index in [0.29, 0.717) is 12.6 Å². The van der Waals surface area contributed by atoms with Crippen LogP contribution in [0.4, 0.5) is 0 Å². The van der Waals surface area contributed by atoms with Crippen molar-refractivity contribution in [2.24, 2.45) is 0 Å². The fourth-order valence-corrected chi connectivity index (χ4v) is 2.50. The molecule has 1 aliphatic heterocycles. The molecular weight excluding hydrogens is 240 g/mol. The lowest BCUT2D eigenvalue weighted by molar-refractivity contribution is 0.185. The maximum atomic E-state index is 5.56. The molecule has 0 aliphatic carbocycles. The first kappa shape index (κ1) is 14.2. The number of benzene rings is 1. The number of nitrogens with zero attached hydrogens (tertiary/aromatic N) is 1. The summed E-state index contributed by atoms with van der Waals surface area (Å²) in [7, 11) is 1.69. The summed E-state index contributed by atoms with van der Waals surface area (Å²) in [5, 5.41) is 3.38. The van der Waals surface area contributed by atoms with Gasteiger partial charge in [-0.25, -0.2) is 0 Å². The Morgan fingerprint density at radius 1 is 1.26 bits per heavy atom. The first-order valence-electron chi connectivity index (χ1n) is 7.01. The summed E-state index contributed by atoms with van der Waals surface area (Å²) in [6, 6.07) is 6.65. The van der Waals surface area contributed by atoms with Gasteiger partial charge in [0.2, 0.25) is 0 Å². The second kappa shape index (κ2) is 6.78. The van der Waals surface area contributed by atoms with E-state index >= 15 is 0 Å². The van der Waals surface area contributed by atoms with Crippen molar-refractivity contribution in [3.8, 4) is 11.5 Å². The molecule has 1 aromatic carbocycles. The van der Waals surface area contributed by atoms with Crippen molar-refractivity contribution in [3.63, 3.8) is 0 Å². The molecule has 1 heterocycles. The fraction of sp³-hybridized carbons (Fsp3) is 0.600. The van der Waals surface area contributed by atoms with Gasteiger partial charge in [0.25, 0.3) is 0 Å². The van der Waals surface area contributed by atoms with Gasteiger partial charge in [-0.1, -0.05) is 6.07 Å². The van der Waals surface area contributed by atoms with Crippen LogP contribution in [-0.4, -0.2) is 44.8 Å². The molecule has 1 aliphatic rings. The minimum Gasteiger partial charge on any atom is -0.493 e. The highest BCUT2D eigenvalue weighted by Crippen LogP contribution is 2.32. The molecule has 0 unspecified atom stereocenters. The van der Waals surface area contributed by atoms with E-state index in [1.807, 2.05) is 13.0 Å². The van der Waals surface area contributed by atoms with Crippen molar-refractivity contribution in [2.45, 2.75) is 19.9 Å². The third kappa shape index (κ3) is 3.39. The molecular formula is C15H24N2O2. The Bertz CT molecular complexity index is 403. The second-order valence-electron chi connectivity index (χ2n) is 4.81. The zero-order valence-electron chi connectivity index (χ0n) is 12.1. The van der Waals surface area contributed by atoms with Crippen molar-refractivity contribution in [3.05, 3.63) is 23.8 Å². The molecule has 4 heteroatoms. The first-order chi connectivity index (χ1) is 9.26. The highest BCUT2D eigenvalue weighted by atomic mass is 16.5. The van der Waals surface area contributed by atoms with Gasteiger partial charge in [-0.2, -0.15) is 0 Å². The molecule has 0 aromatic heterocycles. The average Bonchev–Trinajstić information content (AvgIpc) is 2.48. The van der Waals surface area contributed by atoms with Gasteiger partial charge in [0, 0.05) is 32.2 Å². The third-order valence-electron chi connectivity index (χ3n) is 3.67. The number of piperazine rings is 1. The molecule has 1 atom stereocenters. The Balaban J connectivity index is 2.14. The van der Waals surface area contributed by atoms with Crippen LogP contribution >= 0.6 is 0 Å². The van der Waals surface area contributed by atoms with Gasteiger partial charge in [-0.3, -0.25) is 4.90 Å². The topological polar surface area (TPSA) is 33.7 Å². The standard InChI is InChI=1S/C15H24N2O2/c1-4-19-14-6-5-13(11-15(14)18-3)12(2)17-9-7-16-8-10-17/h5-6,11-12,16H,4,7-10H2,1-3H3/t12-/m1/s1. The van der Waals surface area contributed by atoms with Gasteiger partial charge in [0.15, 0.2) is 11.5 Å². The first-order valence-corrected chi connectivity index (χ1v) is 7.01. The van der Waals surface area contributed by atoms with E-state index in [9.17, 15) is 0 Å². The maximum Gasteiger partial charge on any atom is 0.161 e. The van der Waals surface area contributed by atoms with E-state index < -0.39 is 0 Å². The van der Waals surface area contributed by atoms with E-state index in [4.69, 9.17) is 9.47 Å². The molecule has 1 aromatic rings. The van der Waals surface area contributed by atoms with Crippen molar-refractivity contribution in [1.82, 2.24) is 10.2 Å². The highest BCUT2D eigenvalue weighted by molar-refractivity contribution is 5.43. The van der Waals surface area contributed by atoms with Gasteiger partial charge in [0.05, 0.1) is 13.7 Å². The number of rotatable bonds is 5. The predicted molar refractivity (Wildman–Crippen MR) is 77.0 cm³/mol. The second-order valence-corrected chi connectivity index (χ2v) is 4.81. The minimum atomic E-state index is 0.409. The van der Waals surface area contributed by atoms with E-state index in [1.54, 1.807) is 7.11 Å². The Morgan fingerprint density at radius 2 is 2.00 bits per heavy atom. The van der Waals surface area contributed by atoms with Gasteiger partial charge in [0.1, 0.15) is 0 Å². The van der Waals surface area contributed by atoms with Crippen LogP contribution in [0.25, 0.3) is 0 Å². The Morgan fingerprint density at radius 3 is 2.63 bits per heavy atom. The van der Waals surface area contributed by atoms with Gasteiger partial charge >= 0.3 is 0 Å². The van der Waals surface area contributed by atoms with Crippen LogP contribution in [0.2, 0.25) is 0 Å². The number of hydrogen-bond donors (Lipinski definition) is 1. The highest BCUT2D eigenvalue weighted by Gasteiger charge is 2.19. The van der Waals surface area contributed by atoms with Crippen molar-refractivity contribution in [2.75, 3.05) is 39.9 Å².